The van der Waals surface area contributed by atoms with Gasteiger partial charge in [0.2, 0.25) is 0 Å². The molecule has 21 heavy (non-hydrogen) atoms. The number of alkyl halides is 3. The Labute approximate surface area is 120 Å². The van der Waals surface area contributed by atoms with E-state index in [0.717, 1.165) is 10.6 Å². The summed E-state index contributed by atoms with van der Waals surface area (Å²) in [5.74, 6) is -1.59. The topological polar surface area (TPSA) is 43.1 Å². The van der Waals surface area contributed by atoms with Crippen LogP contribution in [0, 0.1) is 5.82 Å². The molecule has 0 aliphatic carbocycles. The summed E-state index contributed by atoms with van der Waals surface area (Å²) in [7, 11) is 0. The third-order valence-corrected chi connectivity index (χ3v) is 2.98. The largest absolute Gasteiger partial charge is 0.419 e. The van der Waals surface area contributed by atoms with Crippen LogP contribution >= 0.6 is 11.6 Å². The zero-order chi connectivity index (χ0) is 15.2. The summed E-state index contributed by atoms with van der Waals surface area (Å²) in [6.07, 6.45) is -4.80. The molecular formula is C12H5ClF4N4. The number of hydrogen-bond acceptors (Lipinski definition) is 3. The van der Waals surface area contributed by atoms with E-state index in [1.165, 1.54) is 18.2 Å². The van der Waals surface area contributed by atoms with E-state index in [0.29, 0.717) is 6.07 Å². The highest BCUT2D eigenvalue weighted by atomic mass is 35.5. The smallest absolute Gasteiger partial charge is 0.206 e. The van der Waals surface area contributed by atoms with Gasteiger partial charge in [0, 0.05) is 0 Å². The molecule has 0 bridgehead atoms. The van der Waals surface area contributed by atoms with Crippen molar-refractivity contribution in [3.8, 4) is 11.4 Å². The van der Waals surface area contributed by atoms with Crippen LogP contribution in [-0.4, -0.2) is 19.8 Å². The van der Waals surface area contributed by atoms with Gasteiger partial charge in [-0.25, -0.2) is 4.39 Å². The van der Waals surface area contributed by atoms with Crippen molar-refractivity contribution in [1.82, 2.24) is 19.8 Å². The van der Waals surface area contributed by atoms with E-state index in [1.807, 2.05) is 0 Å². The number of hydrogen-bond donors (Lipinski definition) is 0. The molecule has 0 atom stereocenters. The fraction of sp³-hybridized carbons (Fsp3) is 0.0833. The monoisotopic (exact) mass is 316 g/mol. The number of rotatable bonds is 1. The summed E-state index contributed by atoms with van der Waals surface area (Å²) in [6.45, 7) is 0. The van der Waals surface area contributed by atoms with Gasteiger partial charge in [0.05, 0.1) is 11.1 Å². The van der Waals surface area contributed by atoms with Crippen LogP contribution in [-0.2, 0) is 6.18 Å². The number of aromatic nitrogens is 4. The van der Waals surface area contributed by atoms with E-state index in [4.69, 9.17) is 11.6 Å². The quantitative estimate of drug-likeness (QED) is 0.644. The van der Waals surface area contributed by atoms with Crippen molar-refractivity contribution in [2.75, 3.05) is 0 Å². The van der Waals surface area contributed by atoms with Crippen molar-refractivity contribution in [3.05, 3.63) is 46.9 Å². The lowest BCUT2D eigenvalue weighted by Gasteiger charge is -2.10. The zero-order valence-electron chi connectivity index (χ0n) is 10.1. The van der Waals surface area contributed by atoms with Gasteiger partial charge in [-0.05, 0) is 24.3 Å². The van der Waals surface area contributed by atoms with E-state index < -0.39 is 17.6 Å². The van der Waals surface area contributed by atoms with Gasteiger partial charge in [0.15, 0.2) is 11.5 Å². The van der Waals surface area contributed by atoms with Crippen LogP contribution in [0.3, 0.4) is 0 Å². The summed E-state index contributed by atoms with van der Waals surface area (Å²) in [5.41, 5.74) is -1.49. The normalized spacial score (nSPS) is 12.0. The van der Waals surface area contributed by atoms with Crippen LogP contribution < -0.4 is 0 Å². The molecule has 0 aliphatic rings. The number of nitrogens with zero attached hydrogens (tertiary/aromatic N) is 4. The van der Waals surface area contributed by atoms with Crippen molar-refractivity contribution in [2.24, 2.45) is 0 Å². The van der Waals surface area contributed by atoms with Crippen LogP contribution in [0.1, 0.15) is 5.56 Å². The van der Waals surface area contributed by atoms with Gasteiger partial charge in [-0.3, -0.25) is 0 Å². The Bertz CT molecular complexity index is 828. The van der Waals surface area contributed by atoms with Gasteiger partial charge < -0.3 is 0 Å². The molecule has 0 N–H and O–H groups in total. The fourth-order valence-corrected chi connectivity index (χ4v) is 2.00. The van der Waals surface area contributed by atoms with Crippen LogP contribution in [0.25, 0.3) is 17.0 Å². The minimum Gasteiger partial charge on any atom is -0.206 e. The summed E-state index contributed by atoms with van der Waals surface area (Å²) in [5, 5.41) is 11.3. The molecule has 0 amide bonds. The standard InChI is InChI=1S/C12H5ClF4N4/c13-8-4-5-9-18-19-11(21(9)20-8)6-2-1-3-7(10(6)14)12(15,16)17/h1-5H. The first-order chi connectivity index (χ1) is 9.88. The molecule has 0 unspecified atom stereocenters. The van der Waals surface area contributed by atoms with Gasteiger partial charge in [-0.15, -0.1) is 10.2 Å². The molecule has 1 aromatic carbocycles. The van der Waals surface area contributed by atoms with Crippen molar-refractivity contribution in [3.63, 3.8) is 0 Å². The zero-order valence-corrected chi connectivity index (χ0v) is 10.8. The van der Waals surface area contributed by atoms with Crippen molar-refractivity contribution in [1.29, 1.82) is 0 Å². The molecule has 2 aromatic heterocycles. The maximum Gasteiger partial charge on any atom is 0.419 e. The first-order valence-electron chi connectivity index (χ1n) is 5.62. The Morgan fingerprint density at radius 3 is 2.52 bits per heavy atom. The lowest BCUT2D eigenvalue weighted by Crippen LogP contribution is -2.09. The number of benzene rings is 1. The summed E-state index contributed by atoms with van der Waals surface area (Å²) in [4.78, 5) is 0. The van der Waals surface area contributed by atoms with E-state index in [9.17, 15) is 17.6 Å². The highest BCUT2D eigenvalue weighted by molar-refractivity contribution is 6.29. The molecule has 108 valence electrons. The fourth-order valence-electron chi connectivity index (χ4n) is 1.86. The molecule has 0 saturated heterocycles. The predicted octanol–water partition coefficient (Wildman–Crippen LogP) is 3.60. The molecule has 0 aliphatic heterocycles. The maximum atomic E-state index is 14.1. The lowest BCUT2D eigenvalue weighted by atomic mass is 10.1. The van der Waals surface area contributed by atoms with Crippen LogP contribution in [0.5, 0.6) is 0 Å². The molecule has 2 heterocycles. The number of fused-ring (bicyclic) bond motifs is 1. The second kappa shape index (κ2) is 4.66. The first kappa shape index (κ1) is 13.7. The molecule has 3 aromatic rings. The van der Waals surface area contributed by atoms with Gasteiger partial charge in [-0.1, -0.05) is 17.7 Å². The summed E-state index contributed by atoms with van der Waals surface area (Å²) >= 11 is 5.72. The van der Waals surface area contributed by atoms with Crippen molar-refractivity contribution < 1.29 is 17.6 Å². The molecule has 9 heteroatoms. The third-order valence-electron chi connectivity index (χ3n) is 2.78. The van der Waals surface area contributed by atoms with Crippen LogP contribution in [0.4, 0.5) is 17.6 Å². The SMILES string of the molecule is Fc1c(-c2nnc3ccc(Cl)nn23)cccc1C(F)(F)F. The molecular weight excluding hydrogens is 312 g/mol. The summed E-state index contributed by atoms with van der Waals surface area (Å²) < 4.78 is 53.4. The first-order valence-corrected chi connectivity index (χ1v) is 6.00. The molecule has 0 saturated carbocycles. The van der Waals surface area contributed by atoms with Gasteiger partial charge >= 0.3 is 6.18 Å². The number of halogens is 5. The maximum absolute atomic E-state index is 14.1. The Hall–Kier alpha value is -2.22. The Morgan fingerprint density at radius 2 is 1.81 bits per heavy atom. The van der Waals surface area contributed by atoms with Gasteiger partial charge in [0.25, 0.3) is 0 Å². The van der Waals surface area contributed by atoms with E-state index in [2.05, 4.69) is 15.3 Å². The highest BCUT2D eigenvalue weighted by Gasteiger charge is 2.35. The molecule has 0 fully saturated rings. The lowest BCUT2D eigenvalue weighted by molar-refractivity contribution is -0.139. The second-order valence-corrected chi connectivity index (χ2v) is 4.50. The minimum absolute atomic E-state index is 0.0796. The van der Waals surface area contributed by atoms with Crippen molar-refractivity contribution >= 4 is 17.2 Å². The molecule has 0 radical (unpaired) electrons. The predicted molar refractivity (Wildman–Crippen MR) is 66.2 cm³/mol. The summed E-state index contributed by atoms with van der Waals surface area (Å²) in [6, 6.07) is 5.83. The Balaban J connectivity index is 2.26. The van der Waals surface area contributed by atoms with E-state index in [-0.39, 0.29) is 22.2 Å². The molecule has 3 rings (SSSR count). The average molecular weight is 317 g/mol. The van der Waals surface area contributed by atoms with Gasteiger partial charge in [0.1, 0.15) is 11.0 Å². The third kappa shape index (κ3) is 2.31. The molecule has 0 spiro atoms. The minimum atomic E-state index is -4.80. The Kier molecular flexibility index (Phi) is 3.05. The molecule has 4 nitrogen and oxygen atoms in total. The van der Waals surface area contributed by atoms with Gasteiger partial charge in [-0.2, -0.15) is 22.8 Å². The highest BCUT2D eigenvalue weighted by Crippen LogP contribution is 2.35. The Morgan fingerprint density at radius 1 is 1.05 bits per heavy atom. The van der Waals surface area contributed by atoms with E-state index >= 15 is 0 Å². The van der Waals surface area contributed by atoms with Crippen LogP contribution in [0.2, 0.25) is 5.15 Å². The average Bonchev–Trinajstić information content (AvgIpc) is 2.80. The van der Waals surface area contributed by atoms with Crippen molar-refractivity contribution in [2.45, 2.75) is 6.18 Å². The van der Waals surface area contributed by atoms with E-state index in [1.54, 1.807) is 0 Å². The second-order valence-electron chi connectivity index (χ2n) is 4.11. The van der Waals surface area contributed by atoms with Crippen LogP contribution in [0.15, 0.2) is 30.3 Å².